The molecule has 2 N–H and O–H groups in total. The van der Waals surface area contributed by atoms with Crippen molar-refractivity contribution in [2.45, 2.75) is 31.8 Å². The molecular weight excluding hydrogens is 342 g/mol. The lowest BCUT2D eigenvalue weighted by atomic mass is 9.87. The Labute approximate surface area is 157 Å². The lowest BCUT2D eigenvalue weighted by Crippen LogP contribution is -2.54. The Morgan fingerprint density at radius 1 is 1.30 bits per heavy atom. The highest BCUT2D eigenvalue weighted by Gasteiger charge is 2.41. The highest BCUT2D eigenvalue weighted by Crippen LogP contribution is 2.27. The zero-order chi connectivity index (χ0) is 18.7. The molecule has 0 saturated carbocycles. The Hall–Kier alpha value is -2.93. The molecule has 0 aliphatic carbocycles. The van der Waals surface area contributed by atoms with Crippen molar-refractivity contribution < 1.29 is 9.21 Å². The number of oxazole rings is 1. The van der Waals surface area contributed by atoms with E-state index in [2.05, 4.69) is 20.7 Å². The summed E-state index contributed by atoms with van der Waals surface area (Å²) in [5.41, 5.74) is 2.15. The summed E-state index contributed by atoms with van der Waals surface area (Å²) in [6.45, 7) is 3.94. The van der Waals surface area contributed by atoms with Crippen LogP contribution < -0.4 is 10.6 Å². The highest BCUT2D eigenvalue weighted by atomic mass is 16.3. The summed E-state index contributed by atoms with van der Waals surface area (Å²) >= 11 is 0. The quantitative estimate of drug-likeness (QED) is 0.724. The standard InChI is InChI=1S/C20H23N5O2/c1-15-3-5-16(6-4-15)18-24-17(14-27-18)13-22-19(26)20(7-10-21-11-8-20)25-12-2-9-23-25/h2-6,9,12,14,21H,7-8,10-11,13H2,1H3,(H,22,26). The molecule has 0 atom stereocenters. The number of nitrogens with zero attached hydrogens (tertiary/aromatic N) is 3. The van der Waals surface area contributed by atoms with Crippen molar-refractivity contribution >= 4 is 5.91 Å². The number of aryl methyl sites for hydroxylation is 1. The number of hydrogen-bond donors (Lipinski definition) is 2. The Morgan fingerprint density at radius 2 is 2.07 bits per heavy atom. The van der Waals surface area contributed by atoms with Gasteiger partial charge in [-0.3, -0.25) is 9.48 Å². The highest BCUT2D eigenvalue weighted by molar-refractivity contribution is 5.84. The van der Waals surface area contributed by atoms with Crippen molar-refractivity contribution in [3.8, 4) is 11.5 Å². The Balaban J connectivity index is 1.46. The van der Waals surface area contributed by atoms with Crippen LogP contribution in [0.1, 0.15) is 24.1 Å². The molecule has 0 bridgehead atoms. The van der Waals surface area contributed by atoms with Crippen LogP contribution in [-0.2, 0) is 16.9 Å². The van der Waals surface area contributed by atoms with Gasteiger partial charge in [-0.2, -0.15) is 5.10 Å². The Kier molecular flexibility index (Phi) is 4.77. The molecular formula is C20H23N5O2. The van der Waals surface area contributed by atoms with E-state index < -0.39 is 5.54 Å². The number of piperidine rings is 1. The summed E-state index contributed by atoms with van der Waals surface area (Å²) in [6, 6.07) is 9.84. The maximum Gasteiger partial charge on any atom is 0.248 e. The second-order valence-electron chi connectivity index (χ2n) is 6.92. The SMILES string of the molecule is Cc1ccc(-c2nc(CNC(=O)C3(n4cccn4)CCNCC3)co2)cc1. The van der Waals surface area contributed by atoms with Gasteiger partial charge in [0.15, 0.2) is 0 Å². The Morgan fingerprint density at radius 3 is 2.78 bits per heavy atom. The van der Waals surface area contributed by atoms with Crippen molar-refractivity contribution in [3.05, 3.63) is 60.2 Å². The van der Waals surface area contributed by atoms with E-state index >= 15 is 0 Å². The minimum atomic E-state index is -0.654. The molecule has 0 unspecified atom stereocenters. The lowest BCUT2D eigenvalue weighted by Gasteiger charge is -2.36. The summed E-state index contributed by atoms with van der Waals surface area (Å²) in [5.74, 6) is 0.524. The number of benzene rings is 1. The summed E-state index contributed by atoms with van der Waals surface area (Å²) in [6.07, 6.45) is 6.57. The van der Waals surface area contributed by atoms with Gasteiger partial charge >= 0.3 is 0 Å². The van der Waals surface area contributed by atoms with Crippen LogP contribution in [-0.4, -0.2) is 33.8 Å². The van der Waals surface area contributed by atoms with Crippen molar-refractivity contribution in [1.82, 2.24) is 25.4 Å². The second-order valence-corrected chi connectivity index (χ2v) is 6.92. The molecule has 3 aromatic rings. The first-order chi connectivity index (χ1) is 13.2. The van der Waals surface area contributed by atoms with Crippen molar-refractivity contribution in [2.75, 3.05) is 13.1 Å². The van der Waals surface area contributed by atoms with Gasteiger partial charge in [0.25, 0.3) is 0 Å². The van der Waals surface area contributed by atoms with Gasteiger partial charge in [0.2, 0.25) is 11.8 Å². The van der Waals surface area contributed by atoms with Crippen LogP contribution in [0.3, 0.4) is 0 Å². The minimum Gasteiger partial charge on any atom is -0.444 e. The summed E-state index contributed by atoms with van der Waals surface area (Å²) in [7, 11) is 0. The number of carbonyl (C=O) groups is 1. The van der Waals surface area contributed by atoms with Gasteiger partial charge in [0.05, 0.1) is 12.2 Å². The summed E-state index contributed by atoms with van der Waals surface area (Å²) in [4.78, 5) is 17.5. The number of nitrogens with one attached hydrogen (secondary N) is 2. The van der Waals surface area contributed by atoms with Crippen LogP contribution in [0, 0.1) is 6.92 Å². The van der Waals surface area contributed by atoms with Gasteiger partial charge in [-0.1, -0.05) is 17.7 Å². The van der Waals surface area contributed by atoms with E-state index in [1.165, 1.54) is 5.56 Å². The molecule has 7 nitrogen and oxygen atoms in total. The zero-order valence-corrected chi connectivity index (χ0v) is 15.3. The molecule has 2 aromatic heterocycles. The molecule has 1 aliphatic rings. The van der Waals surface area contributed by atoms with E-state index in [0.29, 0.717) is 31.0 Å². The number of carbonyl (C=O) groups excluding carboxylic acids is 1. The molecule has 140 valence electrons. The first kappa shape index (κ1) is 17.5. The third-order valence-electron chi connectivity index (χ3n) is 5.08. The largest absolute Gasteiger partial charge is 0.444 e. The number of hydrogen-bond acceptors (Lipinski definition) is 5. The third kappa shape index (κ3) is 3.50. The van der Waals surface area contributed by atoms with Gasteiger partial charge in [-0.05, 0) is 51.1 Å². The predicted molar refractivity (Wildman–Crippen MR) is 101 cm³/mol. The molecule has 3 heterocycles. The smallest absolute Gasteiger partial charge is 0.248 e. The number of rotatable bonds is 5. The molecule has 1 fully saturated rings. The average molecular weight is 365 g/mol. The molecule has 4 rings (SSSR count). The van der Waals surface area contributed by atoms with Crippen molar-refractivity contribution in [2.24, 2.45) is 0 Å². The van der Waals surface area contributed by atoms with Crippen LogP contribution in [0.15, 0.2) is 53.4 Å². The second kappa shape index (κ2) is 7.36. The molecule has 1 amide bonds. The van der Waals surface area contributed by atoms with Crippen LogP contribution in [0.5, 0.6) is 0 Å². The van der Waals surface area contributed by atoms with Crippen molar-refractivity contribution in [3.63, 3.8) is 0 Å². The van der Waals surface area contributed by atoms with Gasteiger partial charge in [-0.25, -0.2) is 4.98 Å². The maximum atomic E-state index is 13.0. The normalized spacial score (nSPS) is 16.2. The van der Waals surface area contributed by atoms with Gasteiger partial charge in [0.1, 0.15) is 11.8 Å². The first-order valence-corrected chi connectivity index (χ1v) is 9.18. The number of aromatic nitrogens is 3. The lowest BCUT2D eigenvalue weighted by molar-refractivity contribution is -0.132. The fraction of sp³-hybridized carbons (Fsp3) is 0.350. The van der Waals surface area contributed by atoms with Crippen LogP contribution in [0.25, 0.3) is 11.5 Å². The topological polar surface area (TPSA) is 85.0 Å². The summed E-state index contributed by atoms with van der Waals surface area (Å²) in [5, 5.41) is 10.7. The van der Waals surface area contributed by atoms with E-state index in [1.807, 2.05) is 43.5 Å². The minimum absolute atomic E-state index is 0.0346. The van der Waals surface area contributed by atoms with E-state index in [9.17, 15) is 4.79 Å². The molecule has 0 spiro atoms. The van der Waals surface area contributed by atoms with E-state index in [1.54, 1.807) is 17.1 Å². The zero-order valence-electron chi connectivity index (χ0n) is 15.3. The van der Waals surface area contributed by atoms with Gasteiger partial charge in [-0.15, -0.1) is 0 Å². The molecule has 1 saturated heterocycles. The molecule has 7 heteroatoms. The monoisotopic (exact) mass is 365 g/mol. The predicted octanol–water partition coefficient (Wildman–Crippen LogP) is 2.24. The molecule has 1 aromatic carbocycles. The molecule has 0 radical (unpaired) electrons. The first-order valence-electron chi connectivity index (χ1n) is 9.18. The van der Waals surface area contributed by atoms with Crippen LogP contribution in [0.2, 0.25) is 0 Å². The Bertz CT molecular complexity index is 893. The van der Waals surface area contributed by atoms with Gasteiger partial charge in [0, 0.05) is 18.0 Å². The van der Waals surface area contributed by atoms with E-state index in [-0.39, 0.29) is 5.91 Å². The van der Waals surface area contributed by atoms with Gasteiger partial charge < -0.3 is 15.1 Å². The van der Waals surface area contributed by atoms with E-state index in [4.69, 9.17) is 4.42 Å². The average Bonchev–Trinajstić information content (AvgIpc) is 3.40. The fourth-order valence-corrected chi connectivity index (χ4v) is 3.47. The fourth-order valence-electron chi connectivity index (χ4n) is 3.47. The van der Waals surface area contributed by atoms with Crippen molar-refractivity contribution in [1.29, 1.82) is 0 Å². The van der Waals surface area contributed by atoms with Crippen LogP contribution >= 0.6 is 0 Å². The third-order valence-corrected chi connectivity index (χ3v) is 5.08. The molecule has 1 aliphatic heterocycles. The molecule has 27 heavy (non-hydrogen) atoms. The van der Waals surface area contributed by atoms with Crippen LogP contribution in [0.4, 0.5) is 0 Å². The summed E-state index contributed by atoms with van der Waals surface area (Å²) < 4.78 is 7.36. The van der Waals surface area contributed by atoms with E-state index in [0.717, 1.165) is 18.7 Å². The number of amides is 1. The maximum absolute atomic E-state index is 13.0.